The molecule has 0 aliphatic carbocycles. The Morgan fingerprint density at radius 1 is 1.82 bits per heavy atom. The van der Waals surface area contributed by atoms with Crippen LogP contribution in [-0.2, 0) is 0 Å². The Labute approximate surface area is 67.5 Å². The summed E-state index contributed by atoms with van der Waals surface area (Å²) in [4.78, 5) is 11.1. The molecular weight excluding hydrogens is 162 g/mol. The van der Waals surface area contributed by atoms with Gasteiger partial charge < -0.3 is 5.11 Å². The molecule has 1 rings (SSSR count). The van der Waals surface area contributed by atoms with Crippen molar-refractivity contribution in [1.82, 2.24) is 0 Å². The highest BCUT2D eigenvalue weighted by atomic mass is 32.1. The first-order valence-electron chi connectivity index (χ1n) is 2.89. The molecule has 0 amide bonds. The van der Waals surface area contributed by atoms with Gasteiger partial charge in [0.1, 0.15) is 15.8 Å². The third kappa shape index (κ3) is 1.38. The topological polar surface area (TPSA) is 61.1 Å². The van der Waals surface area contributed by atoms with Crippen LogP contribution in [0.3, 0.4) is 0 Å². The summed E-state index contributed by atoms with van der Waals surface area (Å²) < 4.78 is 0. The average molecular weight is 167 g/mol. The SMILES string of the molecule is Cc1cc(C(=O)O)sc1C#N. The van der Waals surface area contributed by atoms with E-state index in [1.54, 1.807) is 6.92 Å². The molecule has 0 unspecified atom stereocenters. The quantitative estimate of drug-likeness (QED) is 0.691. The van der Waals surface area contributed by atoms with Crippen LogP contribution >= 0.6 is 11.3 Å². The van der Waals surface area contributed by atoms with E-state index in [1.807, 2.05) is 6.07 Å². The van der Waals surface area contributed by atoms with Crippen LogP contribution in [0.2, 0.25) is 0 Å². The highest BCUT2D eigenvalue weighted by Crippen LogP contribution is 2.20. The minimum absolute atomic E-state index is 0.221. The van der Waals surface area contributed by atoms with Crippen LogP contribution < -0.4 is 0 Å². The van der Waals surface area contributed by atoms with Crippen molar-refractivity contribution in [2.45, 2.75) is 6.92 Å². The lowest BCUT2D eigenvalue weighted by atomic mass is 10.3. The maximum absolute atomic E-state index is 10.4. The van der Waals surface area contributed by atoms with E-state index >= 15 is 0 Å². The largest absolute Gasteiger partial charge is 0.477 e. The van der Waals surface area contributed by atoms with Crippen LogP contribution in [0.25, 0.3) is 0 Å². The lowest BCUT2D eigenvalue weighted by Crippen LogP contribution is -1.89. The van der Waals surface area contributed by atoms with Gasteiger partial charge in [-0.2, -0.15) is 5.26 Å². The van der Waals surface area contributed by atoms with Crippen LogP contribution in [-0.4, -0.2) is 11.1 Å². The van der Waals surface area contributed by atoms with E-state index in [9.17, 15) is 4.79 Å². The van der Waals surface area contributed by atoms with Gasteiger partial charge in [0.2, 0.25) is 0 Å². The number of nitrogens with zero attached hydrogens (tertiary/aromatic N) is 1. The molecule has 0 aliphatic heterocycles. The lowest BCUT2D eigenvalue weighted by Gasteiger charge is -1.79. The molecule has 0 fully saturated rings. The maximum atomic E-state index is 10.4. The van der Waals surface area contributed by atoms with E-state index in [-0.39, 0.29) is 4.88 Å². The highest BCUT2D eigenvalue weighted by molar-refractivity contribution is 7.14. The van der Waals surface area contributed by atoms with E-state index in [1.165, 1.54) is 6.07 Å². The van der Waals surface area contributed by atoms with Gasteiger partial charge in [-0.25, -0.2) is 4.79 Å². The molecule has 3 nitrogen and oxygen atoms in total. The molecule has 56 valence electrons. The number of aryl methyl sites for hydroxylation is 1. The summed E-state index contributed by atoms with van der Waals surface area (Å²) in [6.07, 6.45) is 0. The fraction of sp³-hybridized carbons (Fsp3) is 0.143. The Morgan fingerprint density at radius 3 is 2.73 bits per heavy atom. The van der Waals surface area contributed by atoms with Crippen LogP contribution in [0.4, 0.5) is 0 Å². The fourth-order valence-electron chi connectivity index (χ4n) is 0.698. The average Bonchev–Trinajstić information content (AvgIpc) is 2.31. The zero-order valence-electron chi connectivity index (χ0n) is 5.79. The molecule has 1 aromatic rings. The van der Waals surface area contributed by atoms with Crippen molar-refractivity contribution < 1.29 is 9.90 Å². The van der Waals surface area contributed by atoms with E-state index < -0.39 is 5.97 Å². The van der Waals surface area contributed by atoms with E-state index in [2.05, 4.69) is 0 Å². The minimum atomic E-state index is -0.973. The van der Waals surface area contributed by atoms with Crippen molar-refractivity contribution in [2.75, 3.05) is 0 Å². The Hall–Kier alpha value is -1.34. The second kappa shape index (κ2) is 2.72. The second-order valence-corrected chi connectivity index (χ2v) is 3.09. The molecular formula is C7H5NO2S. The van der Waals surface area contributed by atoms with Gasteiger partial charge in [-0.3, -0.25) is 0 Å². The van der Waals surface area contributed by atoms with Crippen LogP contribution in [0.15, 0.2) is 6.07 Å². The zero-order valence-corrected chi connectivity index (χ0v) is 6.60. The summed E-state index contributed by atoms with van der Waals surface area (Å²) >= 11 is 1.01. The lowest BCUT2D eigenvalue weighted by molar-refractivity contribution is 0.0702. The fourth-order valence-corrected chi connectivity index (χ4v) is 1.51. The van der Waals surface area contributed by atoms with Gasteiger partial charge in [0.25, 0.3) is 0 Å². The van der Waals surface area contributed by atoms with Crippen LogP contribution in [0.5, 0.6) is 0 Å². The standard InChI is InChI=1S/C7H5NO2S/c1-4-2-5(7(9)10)11-6(4)3-8/h2H,1H3,(H,9,10). The molecule has 0 aromatic carbocycles. The number of nitriles is 1. The van der Waals surface area contributed by atoms with Crippen molar-refractivity contribution in [1.29, 1.82) is 5.26 Å². The molecule has 1 heterocycles. The van der Waals surface area contributed by atoms with Crippen molar-refractivity contribution >= 4 is 17.3 Å². The van der Waals surface area contributed by atoms with Gasteiger partial charge in [-0.05, 0) is 18.6 Å². The predicted octanol–water partition coefficient (Wildman–Crippen LogP) is 1.63. The molecule has 0 radical (unpaired) electrons. The Bertz CT molecular complexity index is 335. The van der Waals surface area contributed by atoms with Crippen molar-refractivity contribution in [2.24, 2.45) is 0 Å². The Kier molecular flexibility index (Phi) is 1.92. The number of hydrogen-bond donors (Lipinski definition) is 1. The van der Waals surface area contributed by atoms with E-state index in [4.69, 9.17) is 10.4 Å². The number of rotatable bonds is 1. The molecule has 0 saturated heterocycles. The Balaban J connectivity index is 3.18. The smallest absolute Gasteiger partial charge is 0.345 e. The number of carboxylic acid groups (broad SMARTS) is 1. The molecule has 0 saturated carbocycles. The third-order valence-corrected chi connectivity index (χ3v) is 2.36. The maximum Gasteiger partial charge on any atom is 0.345 e. The number of hydrogen-bond acceptors (Lipinski definition) is 3. The summed E-state index contributed by atoms with van der Waals surface area (Å²) in [5.41, 5.74) is 0.731. The summed E-state index contributed by atoms with van der Waals surface area (Å²) in [7, 11) is 0. The van der Waals surface area contributed by atoms with Gasteiger partial charge in [-0.15, -0.1) is 11.3 Å². The van der Waals surface area contributed by atoms with Crippen LogP contribution in [0, 0.1) is 18.3 Å². The first-order chi connectivity index (χ1) is 5.15. The first-order valence-corrected chi connectivity index (χ1v) is 3.70. The second-order valence-electron chi connectivity index (χ2n) is 2.04. The number of thiophene rings is 1. The summed E-state index contributed by atoms with van der Waals surface area (Å²) in [6.45, 7) is 1.72. The van der Waals surface area contributed by atoms with E-state index in [0.29, 0.717) is 4.88 Å². The third-order valence-electron chi connectivity index (χ3n) is 1.23. The molecule has 0 spiro atoms. The minimum Gasteiger partial charge on any atom is -0.477 e. The van der Waals surface area contributed by atoms with Gasteiger partial charge in [0, 0.05) is 0 Å². The molecule has 0 bridgehead atoms. The van der Waals surface area contributed by atoms with Gasteiger partial charge in [0.05, 0.1) is 0 Å². The van der Waals surface area contributed by atoms with Gasteiger partial charge in [0.15, 0.2) is 0 Å². The zero-order chi connectivity index (χ0) is 8.43. The molecule has 4 heteroatoms. The van der Waals surface area contributed by atoms with Crippen LogP contribution in [0.1, 0.15) is 20.1 Å². The normalized spacial score (nSPS) is 9.09. The predicted molar refractivity (Wildman–Crippen MR) is 40.7 cm³/mol. The number of aromatic carboxylic acids is 1. The number of carboxylic acids is 1. The molecule has 1 aromatic heterocycles. The molecule has 11 heavy (non-hydrogen) atoms. The Morgan fingerprint density at radius 2 is 2.45 bits per heavy atom. The van der Waals surface area contributed by atoms with Gasteiger partial charge >= 0.3 is 5.97 Å². The molecule has 1 N–H and O–H groups in total. The van der Waals surface area contributed by atoms with Crippen molar-refractivity contribution in [3.05, 3.63) is 21.4 Å². The monoisotopic (exact) mass is 167 g/mol. The van der Waals surface area contributed by atoms with Gasteiger partial charge in [-0.1, -0.05) is 0 Å². The number of carbonyl (C=O) groups is 1. The first kappa shape index (κ1) is 7.76. The molecule has 0 atom stereocenters. The highest BCUT2D eigenvalue weighted by Gasteiger charge is 2.09. The summed E-state index contributed by atoms with van der Waals surface area (Å²) in [5, 5.41) is 17.0. The molecule has 0 aliphatic rings. The van der Waals surface area contributed by atoms with Crippen molar-refractivity contribution in [3.8, 4) is 6.07 Å². The van der Waals surface area contributed by atoms with E-state index in [0.717, 1.165) is 16.9 Å². The van der Waals surface area contributed by atoms with Crippen molar-refractivity contribution in [3.63, 3.8) is 0 Å². The summed E-state index contributed by atoms with van der Waals surface area (Å²) in [5.74, 6) is -0.973. The summed E-state index contributed by atoms with van der Waals surface area (Å²) in [6, 6.07) is 3.43.